The third-order valence-corrected chi connectivity index (χ3v) is 3.80. The Morgan fingerprint density at radius 3 is 2.48 bits per heavy atom. The lowest BCUT2D eigenvalue weighted by Crippen LogP contribution is -2.21. The quantitative estimate of drug-likeness (QED) is 0.680. The van der Waals surface area contributed by atoms with Gasteiger partial charge >= 0.3 is 5.97 Å². The maximum absolute atomic E-state index is 10.6. The molecular weight excluding hydrogens is 365 g/mol. The lowest BCUT2D eigenvalue weighted by Gasteiger charge is -2.15. The molecule has 0 saturated carbocycles. The fourth-order valence-corrected chi connectivity index (χ4v) is 2.59. The van der Waals surface area contributed by atoms with Gasteiger partial charge in [-0.15, -0.1) is 0 Å². The molecule has 25 heavy (non-hydrogen) atoms. The van der Waals surface area contributed by atoms with E-state index in [-0.39, 0.29) is 6.54 Å². The minimum absolute atomic E-state index is 0.129. The second-order valence-corrected chi connectivity index (χ2v) is 6.09. The average Bonchev–Trinajstić information content (AvgIpc) is 2.55. The molecule has 0 aliphatic carbocycles. The molecule has 7 heteroatoms. The summed E-state index contributed by atoms with van der Waals surface area (Å²) in [5.41, 5.74) is 1.77. The molecule has 5 nitrogen and oxygen atoms in total. The van der Waals surface area contributed by atoms with Crippen LogP contribution >= 0.6 is 23.2 Å². The van der Waals surface area contributed by atoms with Crippen LogP contribution in [0.4, 0.5) is 0 Å². The number of halogens is 2. The minimum atomic E-state index is -0.918. The van der Waals surface area contributed by atoms with Gasteiger partial charge in [-0.1, -0.05) is 35.3 Å². The summed E-state index contributed by atoms with van der Waals surface area (Å²) in [5, 5.41) is 12.6. The van der Waals surface area contributed by atoms with Gasteiger partial charge in [0.2, 0.25) is 0 Å². The van der Waals surface area contributed by atoms with Crippen LogP contribution in [0.2, 0.25) is 10.0 Å². The van der Waals surface area contributed by atoms with Crippen LogP contribution in [0.15, 0.2) is 36.4 Å². The van der Waals surface area contributed by atoms with Crippen molar-refractivity contribution < 1.29 is 19.4 Å². The molecule has 2 aromatic carbocycles. The molecule has 2 rings (SSSR count). The largest absolute Gasteiger partial charge is 0.490 e. The first-order valence-electron chi connectivity index (χ1n) is 7.74. The predicted octanol–water partition coefficient (Wildman–Crippen LogP) is 4.15. The number of ether oxygens (including phenoxy) is 2. The van der Waals surface area contributed by atoms with E-state index in [9.17, 15) is 4.79 Å². The molecular formula is C18H19Cl2NO4. The SMILES string of the molecule is CCOc1cc(CNCC(=O)O)cc(Cl)c1OCc1ccc(Cl)cc1. The highest BCUT2D eigenvalue weighted by Crippen LogP contribution is 2.37. The van der Waals surface area contributed by atoms with E-state index < -0.39 is 5.97 Å². The highest BCUT2D eigenvalue weighted by molar-refractivity contribution is 6.32. The molecule has 2 aromatic rings. The van der Waals surface area contributed by atoms with E-state index in [0.29, 0.717) is 41.3 Å². The number of hydrogen-bond acceptors (Lipinski definition) is 4. The third kappa shape index (κ3) is 6.12. The van der Waals surface area contributed by atoms with Crippen LogP contribution in [0.3, 0.4) is 0 Å². The van der Waals surface area contributed by atoms with E-state index in [0.717, 1.165) is 11.1 Å². The van der Waals surface area contributed by atoms with Crippen molar-refractivity contribution >= 4 is 29.2 Å². The second-order valence-electron chi connectivity index (χ2n) is 5.25. The van der Waals surface area contributed by atoms with Crippen molar-refractivity contribution in [2.24, 2.45) is 0 Å². The van der Waals surface area contributed by atoms with Gasteiger partial charge in [-0.25, -0.2) is 0 Å². The molecule has 2 N–H and O–H groups in total. The van der Waals surface area contributed by atoms with Crippen molar-refractivity contribution in [1.82, 2.24) is 5.32 Å². The first kappa shape index (κ1) is 19.4. The number of nitrogens with one attached hydrogen (secondary N) is 1. The van der Waals surface area contributed by atoms with Crippen molar-refractivity contribution in [1.29, 1.82) is 0 Å². The number of carboxylic acid groups (broad SMARTS) is 1. The Bertz CT molecular complexity index is 720. The van der Waals surface area contributed by atoms with Crippen molar-refractivity contribution in [3.8, 4) is 11.5 Å². The number of carbonyl (C=O) groups is 1. The van der Waals surface area contributed by atoms with Gasteiger partial charge in [0.15, 0.2) is 11.5 Å². The molecule has 0 bridgehead atoms. The maximum Gasteiger partial charge on any atom is 0.317 e. The molecule has 0 aromatic heterocycles. The first-order chi connectivity index (χ1) is 12.0. The van der Waals surface area contributed by atoms with E-state index >= 15 is 0 Å². The van der Waals surface area contributed by atoms with Gasteiger partial charge in [-0.3, -0.25) is 4.79 Å². The van der Waals surface area contributed by atoms with E-state index in [1.165, 1.54) is 0 Å². The molecule has 0 heterocycles. The van der Waals surface area contributed by atoms with Crippen LogP contribution in [0.5, 0.6) is 11.5 Å². The van der Waals surface area contributed by atoms with Crippen LogP contribution in [-0.4, -0.2) is 24.2 Å². The molecule has 0 aliphatic rings. The lowest BCUT2D eigenvalue weighted by atomic mass is 10.2. The number of carboxylic acids is 1. The molecule has 0 saturated heterocycles. The van der Waals surface area contributed by atoms with E-state index in [1.54, 1.807) is 24.3 Å². The fraction of sp³-hybridized carbons (Fsp3) is 0.278. The number of aliphatic carboxylic acids is 1. The topological polar surface area (TPSA) is 67.8 Å². The van der Waals surface area contributed by atoms with Crippen molar-refractivity contribution in [3.63, 3.8) is 0 Å². The Labute approximate surface area is 156 Å². The monoisotopic (exact) mass is 383 g/mol. The smallest absolute Gasteiger partial charge is 0.317 e. The number of rotatable bonds is 9. The third-order valence-electron chi connectivity index (χ3n) is 3.27. The highest BCUT2D eigenvalue weighted by atomic mass is 35.5. The lowest BCUT2D eigenvalue weighted by molar-refractivity contribution is -0.135. The van der Waals surface area contributed by atoms with Gasteiger partial charge in [0, 0.05) is 11.6 Å². The summed E-state index contributed by atoms with van der Waals surface area (Å²) in [6.07, 6.45) is 0. The fourth-order valence-electron chi connectivity index (χ4n) is 2.18. The molecule has 0 radical (unpaired) electrons. The van der Waals surface area contributed by atoms with Gasteiger partial charge in [0.1, 0.15) is 6.61 Å². The van der Waals surface area contributed by atoms with Crippen LogP contribution < -0.4 is 14.8 Å². The zero-order valence-electron chi connectivity index (χ0n) is 13.7. The summed E-state index contributed by atoms with van der Waals surface area (Å²) in [7, 11) is 0. The molecule has 0 aliphatic heterocycles. The Hall–Kier alpha value is -1.95. The van der Waals surface area contributed by atoms with E-state index in [2.05, 4.69) is 5.32 Å². The van der Waals surface area contributed by atoms with Crippen molar-refractivity contribution in [2.45, 2.75) is 20.1 Å². The zero-order chi connectivity index (χ0) is 18.2. The highest BCUT2D eigenvalue weighted by Gasteiger charge is 2.13. The molecule has 0 spiro atoms. The summed E-state index contributed by atoms with van der Waals surface area (Å²) >= 11 is 12.2. The summed E-state index contributed by atoms with van der Waals surface area (Å²) in [4.78, 5) is 10.6. The zero-order valence-corrected chi connectivity index (χ0v) is 15.2. The molecule has 0 atom stereocenters. The second kappa shape index (κ2) is 9.51. The van der Waals surface area contributed by atoms with Gasteiger partial charge in [0.25, 0.3) is 0 Å². The maximum atomic E-state index is 10.6. The molecule has 0 fully saturated rings. The summed E-state index contributed by atoms with van der Waals surface area (Å²) in [6.45, 7) is 2.89. The predicted molar refractivity (Wildman–Crippen MR) is 97.7 cm³/mol. The minimum Gasteiger partial charge on any atom is -0.490 e. The Morgan fingerprint density at radius 2 is 1.84 bits per heavy atom. The van der Waals surface area contributed by atoms with Crippen molar-refractivity contribution in [2.75, 3.05) is 13.2 Å². The standard InChI is InChI=1S/C18H19Cl2NO4/c1-2-24-16-8-13(9-21-10-17(22)23)7-15(20)18(16)25-11-12-3-5-14(19)6-4-12/h3-8,21H,2,9-11H2,1H3,(H,22,23). The summed E-state index contributed by atoms with van der Waals surface area (Å²) in [6, 6.07) is 10.9. The van der Waals surface area contributed by atoms with Crippen LogP contribution in [0, 0.1) is 0 Å². The Kier molecular flexibility index (Phi) is 7.37. The van der Waals surface area contributed by atoms with Gasteiger partial charge in [-0.2, -0.15) is 0 Å². The van der Waals surface area contributed by atoms with E-state index in [1.807, 2.05) is 19.1 Å². The van der Waals surface area contributed by atoms with Crippen molar-refractivity contribution in [3.05, 3.63) is 57.6 Å². The van der Waals surface area contributed by atoms with Gasteiger partial charge in [0.05, 0.1) is 18.2 Å². The van der Waals surface area contributed by atoms with Gasteiger partial charge < -0.3 is 19.9 Å². The Balaban J connectivity index is 2.12. The number of hydrogen-bond donors (Lipinski definition) is 2. The van der Waals surface area contributed by atoms with Crippen LogP contribution in [0.25, 0.3) is 0 Å². The van der Waals surface area contributed by atoms with Gasteiger partial charge in [-0.05, 0) is 42.3 Å². The van der Waals surface area contributed by atoms with E-state index in [4.69, 9.17) is 37.8 Å². The van der Waals surface area contributed by atoms with Crippen LogP contribution in [-0.2, 0) is 17.9 Å². The average molecular weight is 384 g/mol. The number of benzene rings is 2. The molecule has 0 unspecified atom stereocenters. The normalized spacial score (nSPS) is 10.5. The Morgan fingerprint density at radius 1 is 1.12 bits per heavy atom. The first-order valence-corrected chi connectivity index (χ1v) is 8.50. The molecule has 134 valence electrons. The molecule has 0 amide bonds. The van der Waals surface area contributed by atoms with Crippen LogP contribution in [0.1, 0.15) is 18.1 Å². The summed E-state index contributed by atoms with van der Waals surface area (Å²) < 4.78 is 11.4. The summed E-state index contributed by atoms with van der Waals surface area (Å²) in [5.74, 6) is 0.0654.